The quantitative estimate of drug-likeness (QED) is 0.524. The molecule has 1 saturated heterocycles. The van der Waals surface area contributed by atoms with E-state index in [2.05, 4.69) is 0 Å². The molecule has 0 aliphatic carbocycles. The number of ether oxygens (including phenoxy) is 1. The second kappa shape index (κ2) is 6.55. The summed E-state index contributed by atoms with van der Waals surface area (Å²) < 4.78 is 22.6. The van der Waals surface area contributed by atoms with E-state index in [-0.39, 0.29) is 11.7 Å². The summed E-state index contributed by atoms with van der Waals surface area (Å²) in [4.78, 5) is 26.4. The molecular formula is C23H22FN3O4. The number of anilines is 1. The zero-order valence-corrected chi connectivity index (χ0v) is 17.2. The zero-order valence-electron chi connectivity index (χ0n) is 17.2. The molecule has 0 bridgehead atoms. The van der Waals surface area contributed by atoms with Crippen LogP contribution >= 0.6 is 0 Å². The van der Waals surface area contributed by atoms with Crippen molar-refractivity contribution in [1.82, 2.24) is 4.40 Å². The van der Waals surface area contributed by atoms with Crippen molar-refractivity contribution < 1.29 is 19.0 Å². The molecule has 0 radical (unpaired) electrons. The second-order valence-electron chi connectivity index (χ2n) is 8.80. The number of fused-ring (bicyclic) bond motifs is 2. The standard InChI is InChI=1S/C23H22FN3O4/c1-23(2,25)12-7-8-26(10-12)19-15(24)11-27-20-17(9-14(21(27)28)22(29)30)31-16-6-4-3-5-13(16)18(19)20/h3-6,9,11-12H,7-8,10,25H2,1-2H3,(H,29,30). The van der Waals surface area contributed by atoms with Crippen molar-refractivity contribution in [2.45, 2.75) is 25.8 Å². The summed E-state index contributed by atoms with van der Waals surface area (Å²) in [5, 5.41) is 9.45. The number of halogens is 1. The van der Waals surface area contributed by atoms with Crippen molar-refractivity contribution in [3.63, 3.8) is 0 Å². The fourth-order valence-corrected chi connectivity index (χ4v) is 4.63. The van der Waals surface area contributed by atoms with Gasteiger partial charge in [0.05, 0.1) is 11.9 Å². The molecule has 2 aliphatic heterocycles. The number of aromatic carboxylic acids is 1. The van der Waals surface area contributed by atoms with Crippen LogP contribution < -0.4 is 20.9 Å². The Labute approximate surface area is 177 Å². The lowest BCUT2D eigenvalue weighted by Crippen LogP contribution is -2.42. The van der Waals surface area contributed by atoms with Crippen molar-refractivity contribution in [3.05, 3.63) is 58.3 Å². The number of nitrogens with zero attached hydrogens (tertiary/aromatic N) is 2. The average Bonchev–Trinajstić information content (AvgIpc) is 3.20. The Morgan fingerprint density at radius 2 is 2.03 bits per heavy atom. The van der Waals surface area contributed by atoms with Gasteiger partial charge in [0, 0.05) is 35.8 Å². The van der Waals surface area contributed by atoms with Crippen LogP contribution in [0.15, 0.2) is 41.3 Å². The Kier molecular flexibility index (Phi) is 4.14. The third-order valence-corrected chi connectivity index (χ3v) is 6.30. The first-order valence-electron chi connectivity index (χ1n) is 10.1. The minimum Gasteiger partial charge on any atom is -0.477 e. The van der Waals surface area contributed by atoms with E-state index in [1.807, 2.05) is 30.9 Å². The Hall–Kier alpha value is -3.39. The molecule has 3 aromatic rings. The largest absolute Gasteiger partial charge is 0.477 e. The number of rotatable bonds is 3. The minimum atomic E-state index is -1.39. The van der Waals surface area contributed by atoms with Gasteiger partial charge in [-0.05, 0) is 32.3 Å². The van der Waals surface area contributed by atoms with E-state index >= 15 is 4.39 Å². The predicted octanol–water partition coefficient (Wildman–Crippen LogP) is 3.47. The van der Waals surface area contributed by atoms with Crippen molar-refractivity contribution in [2.24, 2.45) is 11.7 Å². The van der Waals surface area contributed by atoms with Gasteiger partial charge in [0.15, 0.2) is 11.6 Å². The molecule has 1 atom stereocenters. The number of benzene rings is 1. The molecule has 31 heavy (non-hydrogen) atoms. The van der Waals surface area contributed by atoms with Crippen LogP contribution in [-0.2, 0) is 0 Å². The number of aromatic nitrogens is 1. The fraction of sp³-hybridized carbons (Fsp3) is 0.304. The molecule has 3 N–H and O–H groups in total. The summed E-state index contributed by atoms with van der Waals surface area (Å²) >= 11 is 0. The van der Waals surface area contributed by atoms with Crippen LogP contribution in [0.4, 0.5) is 10.1 Å². The SMILES string of the molecule is CC(C)(N)C1CCN(c2c(F)cn3c(=O)c(C(=O)O)cc4c3c2-c2ccccc2O4)C1. The highest BCUT2D eigenvalue weighted by atomic mass is 19.1. The van der Waals surface area contributed by atoms with Crippen molar-refractivity contribution >= 4 is 17.2 Å². The summed E-state index contributed by atoms with van der Waals surface area (Å²) in [5.74, 6) is -1.11. The van der Waals surface area contributed by atoms with Gasteiger partial charge in [-0.15, -0.1) is 0 Å². The first-order chi connectivity index (χ1) is 14.7. The van der Waals surface area contributed by atoms with Crippen molar-refractivity contribution in [3.8, 4) is 22.6 Å². The van der Waals surface area contributed by atoms with Crippen LogP contribution in [0.2, 0.25) is 0 Å². The molecule has 5 rings (SSSR count). The van der Waals surface area contributed by atoms with Gasteiger partial charge in [-0.2, -0.15) is 0 Å². The van der Waals surface area contributed by atoms with E-state index in [4.69, 9.17) is 10.5 Å². The molecule has 1 unspecified atom stereocenters. The van der Waals surface area contributed by atoms with Gasteiger partial charge in [-0.3, -0.25) is 9.20 Å². The summed E-state index contributed by atoms with van der Waals surface area (Å²) in [7, 11) is 0. The lowest BCUT2D eigenvalue weighted by Gasteiger charge is -2.30. The Morgan fingerprint density at radius 3 is 2.71 bits per heavy atom. The van der Waals surface area contributed by atoms with Gasteiger partial charge in [0.25, 0.3) is 5.56 Å². The Bertz CT molecular complexity index is 1310. The number of nitrogens with two attached hydrogens (primary N) is 1. The van der Waals surface area contributed by atoms with Crippen LogP contribution in [0, 0.1) is 11.7 Å². The van der Waals surface area contributed by atoms with E-state index in [1.54, 1.807) is 12.1 Å². The topological polar surface area (TPSA) is 97.3 Å². The minimum absolute atomic E-state index is 0.182. The normalized spacial score (nSPS) is 17.5. The number of hydrogen-bond acceptors (Lipinski definition) is 5. The molecule has 0 spiro atoms. The zero-order chi connectivity index (χ0) is 22.1. The average molecular weight is 423 g/mol. The summed E-state index contributed by atoms with van der Waals surface area (Å²) in [6.45, 7) is 5.15. The van der Waals surface area contributed by atoms with E-state index in [1.165, 1.54) is 6.07 Å². The number of hydrogen-bond donors (Lipinski definition) is 2. The maximum absolute atomic E-state index is 15.6. The van der Waals surface area contributed by atoms with Gasteiger partial charge in [0.1, 0.15) is 16.8 Å². The highest BCUT2D eigenvalue weighted by molar-refractivity contribution is 6.00. The van der Waals surface area contributed by atoms with Crippen LogP contribution in [0.1, 0.15) is 30.6 Å². The molecule has 160 valence electrons. The molecule has 0 saturated carbocycles. The first-order valence-corrected chi connectivity index (χ1v) is 10.1. The van der Waals surface area contributed by atoms with Gasteiger partial charge >= 0.3 is 5.97 Å². The summed E-state index contributed by atoms with van der Waals surface area (Å²) in [6, 6.07) is 8.38. The molecule has 2 aromatic heterocycles. The van der Waals surface area contributed by atoms with Gasteiger partial charge in [-0.25, -0.2) is 9.18 Å². The fourth-order valence-electron chi connectivity index (χ4n) is 4.63. The van der Waals surface area contributed by atoms with E-state index in [9.17, 15) is 14.7 Å². The number of para-hydroxylation sites is 1. The number of pyridine rings is 2. The smallest absolute Gasteiger partial charge is 0.341 e. The van der Waals surface area contributed by atoms with Gasteiger partial charge in [-0.1, -0.05) is 18.2 Å². The second-order valence-corrected chi connectivity index (χ2v) is 8.80. The van der Waals surface area contributed by atoms with Crippen LogP contribution in [0.3, 0.4) is 0 Å². The van der Waals surface area contributed by atoms with Crippen molar-refractivity contribution in [2.75, 3.05) is 18.0 Å². The molecule has 1 aromatic carbocycles. The molecular weight excluding hydrogens is 401 g/mol. The monoisotopic (exact) mass is 423 g/mol. The Balaban J connectivity index is 1.83. The maximum atomic E-state index is 15.6. The molecule has 7 nitrogen and oxygen atoms in total. The molecule has 0 amide bonds. The van der Waals surface area contributed by atoms with Gasteiger partial charge < -0.3 is 20.5 Å². The number of carbonyl (C=O) groups is 1. The Morgan fingerprint density at radius 1 is 1.29 bits per heavy atom. The first kappa shape index (κ1) is 19.6. The van der Waals surface area contributed by atoms with Crippen LogP contribution in [0.5, 0.6) is 11.5 Å². The van der Waals surface area contributed by atoms with Crippen LogP contribution in [0.25, 0.3) is 16.6 Å². The molecule has 4 heterocycles. The highest BCUT2D eigenvalue weighted by Crippen LogP contribution is 2.49. The van der Waals surface area contributed by atoms with Gasteiger partial charge in [0.2, 0.25) is 0 Å². The number of carboxylic acid groups (broad SMARTS) is 1. The maximum Gasteiger partial charge on any atom is 0.341 e. The van der Waals surface area contributed by atoms with E-state index < -0.39 is 28.4 Å². The van der Waals surface area contributed by atoms with E-state index in [0.717, 1.165) is 17.0 Å². The predicted molar refractivity (Wildman–Crippen MR) is 115 cm³/mol. The number of carboxylic acids is 1. The van der Waals surface area contributed by atoms with Crippen molar-refractivity contribution in [1.29, 1.82) is 0 Å². The molecule has 2 aliphatic rings. The van der Waals surface area contributed by atoms with Crippen LogP contribution in [-0.4, -0.2) is 34.1 Å². The lowest BCUT2D eigenvalue weighted by atomic mass is 9.88. The summed E-state index contributed by atoms with van der Waals surface area (Å²) in [5.41, 5.74) is 6.56. The third kappa shape index (κ3) is 2.90. The highest BCUT2D eigenvalue weighted by Gasteiger charge is 2.36. The lowest BCUT2D eigenvalue weighted by molar-refractivity contribution is 0.0694. The summed E-state index contributed by atoms with van der Waals surface area (Å²) in [6.07, 6.45) is 1.88. The third-order valence-electron chi connectivity index (χ3n) is 6.30. The molecule has 1 fully saturated rings. The van der Waals surface area contributed by atoms with E-state index in [0.29, 0.717) is 41.2 Å². The molecule has 8 heteroatoms.